The monoisotopic (exact) mass is 357 g/mol. The number of nitrogens with one attached hydrogen (secondary N) is 2. The van der Waals surface area contributed by atoms with Gasteiger partial charge < -0.3 is 10.3 Å². The average molecular weight is 357 g/mol. The summed E-state index contributed by atoms with van der Waals surface area (Å²) in [5.74, 6) is -0.202. The molecule has 5 nitrogen and oxygen atoms in total. The number of thiazole rings is 1. The lowest BCUT2D eigenvalue weighted by molar-refractivity contribution is 0.0954. The molecule has 0 bridgehead atoms. The van der Waals surface area contributed by atoms with E-state index >= 15 is 0 Å². The van der Waals surface area contributed by atoms with E-state index in [1.165, 1.54) is 23.5 Å². The van der Waals surface area contributed by atoms with Gasteiger partial charge in [0.25, 0.3) is 5.91 Å². The molecule has 2 heterocycles. The van der Waals surface area contributed by atoms with Gasteiger partial charge in [-0.2, -0.15) is 0 Å². The molecule has 1 amide bonds. The summed E-state index contributed by atoms with van der Waals surface area (Å²) in [5, 5.41) is 4.43. The maximum atomic E-state index is 13.9. The van der Waals surface area contributed by atoms with Crippen LogP contribution >= 0.6 is 11.3 Å². The van der Waals surface area contributed by atoms with Gasteiger partial charge in [0.05, 0.1) is 16.2 Å². The van der Waals surface area contributed by atoms with Crippen molar-refractivity contribution in [1.82, 2.24) is 15.3 Å². The number of amides is 1. The van der Waals surface area contributed by atoms with Gasteiger partial charge in [-0.25, -0.2) is 9.37 Å². The summed E-state index contributed by atoms with van der Waals surface area (Å²) in [5.41, 5.74) is 1.07. The van der Waals surface area contributed by atoms with Crippen LogP contribution in [0.15, 0.2) is 29.1 Å². The van der Waals surface area contributed by atoms with E-state index < -0.39 is 11.4 Å². The van der Waals surface area contributed by atoms with E-state index in [2.05, 4.69) is 15.3 Å². The smallest absolute Gasteiger partial charge is 0.263 e. The third kappa shape index (κ3) is 3.07. The predicted octanol–water partition coefficient (Wildman–Crippen LogP) is 3.24. The van der Waals surface area contributed by atoms with Gasteiger partial charge in [-0.3, -0.25) is 9.59 Å². The van der Waals surface area contributed by atoms with E-state index in [0.29, 0.717) is 21.7 Å². The van der Waals surface area contributed by atoms with Crippen molar-refractivity contribution in [3.05, 3.63) is 61.6 Å². The third-order valence-corrected chi connectivity index (χ3v) is 5.62. The highest BCUT2D eigenvalue weighted by atomic mass is 32.1. The first-order chi connectivity index (χ1) is 12.0. The number of H-pyrrole nitrogens is 1. The number of hydrogen-bond donors (Lipinski definition) is 2. The molecular formula is C18H16FN3O2S. The number of para-hydroxylation sites is 1. The zero-order valence-corrected chi connectivity index (χ0v) is 14.4. The number of nitrogens with zero attached hydrogens (tertiary/aromatic N) is 1. The number of benzene rings is 1. The molecule has 0 unspecified atom stereocenters. The highest BCUT2D eigenvalue weighted by Crippen LogP contribution is 2.42. The van der Waals surface area contributed by atoms with Gasteiger partial charge in [0.15, 0.2) is 0 Å². The fourth-order valence-corrected chi connectivity index (χ4v) is 4.00. The molecule has 0 saturated heterocycles. The average Bonchev–Trinajstić information content (AvgIpc) is 3.36. The second-order valence-electron chi connectivity index (χ2n) is 6.24. The molecule has 4 rings (SSSR count). The lowest BCUT2D eigenvalue weighted by Gasteiger charge is -2.08. The molecule has 1 aliphatic rings. The SMILES string of the molecule is Cc1nc(C2CC2)sc1C(=O)NCc1cc(=O)[nH]c2c(F)cccc12. The lowest BCUT2D eigenvalue weighted by atomic mass is 10.1. The normalized spacial score (nSPS) is 14.0. The van der Waals surface area contributed by atoms with Crippen LogP contribution < -0.4 is 10.9 Å². The maximum absolute atomic E-state index is 13.9. The van der Waals surface area contributed by atoms with Crippen LogP contribution in [0.5, 0.6) is 0 Å². The molecule has 0 atom stereocenters. The summed E-state index contributed by atoms with van der Waals surface area (Å²) in [6.45, 7) is 1.98. The summed E-state index contributed by atoms with van der Waals surface area (Å²) in [6, 6.07) is 5.98. The van der Waals surface area contributed by atoms with Crippen LogP contribution in [0.2, 0.25) is 0 Å². The Morgan fingerprint density at radius 2 is 2.24 bits per heavy atom. The molecule has 0 aliphatic heterocycles. The van der Waals surface area contributed by atoms with Crippen LogP contribution in [0, 0.1) is 12.7 Å². The Bertz CT molecular complexity index is 1040. The summed E-state index contributed by atoms with van der Waals surface area (Å²) in [6.07, 6.45) is 2.27. The summed E-state index contributed by atoms with van der Waals surface area (Å²) in [4.78, 5) is 31.8. The number of fused-ring (bicyclic) bond motifs is 1. The molecule has 3 aromatic rings. The van der Waals surface area contributed by atoms with Gasteiger partial charge >= 0.3 is 0 Å². The van der Waals surface area contributed by atoms with Crippen molar-refractivity contribution in [3.63, 3.8) is 0 Å². The van der Waals surface area contributed by atoms with Crippen molar-refractivity contribution in [1.29, 1.82) is 0 Å². The highest BCUT2D eigenvalue weighted by Gasteiger charge is 2.28. The molecule has 2 aromatic heterocycles. The number of halogens is 1. The Labute approximate surface area is 146 Å². The number of aromatic amines is 1. The number of carbonyl (C=O) groups excluding carboxylic acids is 1. The number of aromatic nitrogens is 2. The van der Waals surface area contributed by atoms with Gasteiger partial charge in [-0.1, -0.05) is 12.1 Å². The summed E-state index contributed by atoms with van der Waals surface area (Å²) < 4.78 is 13.9. The molecule has 1 saturated carbocycles. The van der Waals surface area contributed by atoms with Gasteiger partial charge in [-0.05, 0) is 31.4 Å². The van der Waals surface area contributed by atoms with Crippen molar-refractivity contribution >= 4 is 28.1 Å². The Balaban J connectivity index is 1.59. The topological polar surface area (TPSA) is 74.8 Å². The molecule has 1 aromatic carbocycles. The van der Waals surface area contributed by atoms with E-state index in [0.717, 1.165) is 23.5 Å². The van der Waals surface area contributed by atoms with Crippen molar-refractivity contribution < 1.29 is 9.18 Å². The summed E-state index contributed by atoms with van der Waals surface area (Å²) >= 11 is 1.43. The molecule has 1 fully saturated rings. The van der Waals surface area contributed by atoms with Crippen molar-refractivity contribution in [2.45, 2.75) is 32.2 Å². The number of rotatable bonds is 4. The van der Waals surface area contributed by atoms with Gasteiger partial charge in [0.2, 0.25) is 5.56 Å². The van der Waals surface area contributed by atoms with Gasteiger partial charge in [-0.15, -0.1) is 11.3 Å². The largest absolute Gasteiger partial charge is 0.347 e. The van der Waals surface area contributed by atoms with Crippen LogP contribution in [-0.4, -0.2) is 15.9 Å². The number of carbonyl (C=O) groups is 1. The zero-order valence-electron chi connectivity index (χ0n) is 13.6. The number of pyridine rings is 1. The van der Waals surface area contributed by atoms with E-state index in [4.69, 9.17) is 0 Å². The first-order valence-corrected chi connectivity index (χ1v) is 8.90. The van der Waals surface area contributed by atoms with Gasteiger partial charge in [0.1, 0.15) is 10.7 Å². The molecule has 7 heteroatoms. The van der Waals surface area contributed by atoms with E-state index in [9.17, 15) is 14.0 Å². The summed E-state index contributed by atoms with van der Waals surface area (Å²) in [7, 11) is 0. The molecule has 1 aliphatic carbocycles. The Kier molecular flexibility index (Phi) is 3.88. The van der Waals surface area contributed by atoms with Crippen LogP contribution in [0.25, 0.3) is 10.9 Å². The van der Waals surface area contributed by atoms with Crippen molar-refractivity contribution in [2.24, 2.45) is 0 Å². The maximum Gasteiger partial charge on any atom is 0.263 e. The van der Waals surface area contributed by atoms with Crippen LogP contribution in [-0.2, 0) is 6.54 Å². The van der Waals surface area contributed by atoms with E-state index in [1.807, 2.05) is 6.92 Å². The Hall–Kier alpha value is -2.54. The second kappa shape index (κ2) is 6.07. The van der Waals surface area contributed by atoms with Crippen LogP contribution in [0.3, 0.4) is 0 Å². The molecule has 128 valence electrons. The number of aryl methyl sites for hydroxylation is 1. The molecule has 0 spiro atoms. The van der Waals surface area contributed by atoms with Crippen molar-refractivity contribution in [3.8, 4) is 0 Å². The highest BCUT2D eigenvalue weighted by molar-refractivity contribution is 7.13. The minimum Gasteiger partial charge on any atom is -0.347 e. The standard InChI is InChI=1S/C18H16FN3O2S/c1-9-16(25-18(21-9)10-5-6-10)17(24)20-8-11-7-14(23)22-15-12(11)3-2-4-13(15)19/h2-4,7,10H,5-6,8H2,1H3,(H,20,24)(H,22,23). The van der Waals surface area contributed by atoms with Gasteiger partial charge in [0, 0.05) is 23.9 Å². The lowest BCUT2D eigenvalue weighted by Crippen LogP contribution is -2.23. The Morgan fingerprint density at radius 3 is 3.00 bits per heavy atom. The van der Waals surface area contributed by atoms with Crippen LogP contribution in [0.1, 0.15) is 44.7 Å². The van der Waals surface area contributed by atoms with E-state index in [1.54, 1.807) is 12.1 Å². The minimum absolute atomic E-state index is 0.152. The van der Waals surface area contributed by atoms with Crippen molar-refractivity contribution in [2.75, 3.05) is 0 Å². The zero-order chi connectivity index (χ0) is 17.6. The molecule has 2 N–H and O–H groups in total. The predicted molar refractivity (Wildman–Crippen MR) is 94.5 cm³/mol. The molecule has 25 heavy (non-hydrogen) atoms. The first kappa shape index (κ1) is 16.0. The second-order valence-corrected chi connectivity index (χ2v) is 7.28. The minimum atomic E-state index is -0.491. The fourth-order valence-electron chi connectivity index (χ4n) is 2.85. The third-order valence-electron chi connectivity index (χ3n) is 4.30. The number of hydrogen-bond acceptors (Lipinski definition) is 4. The molecule has 0 radical (unpaired) electrons. The first-order valence-electron chi connectivity index (χ1n) is 8.09. The molecular weight excluding hydrogens is 341 g/mol. The quantitative estimate of drug-likeness (QED) is 0.753. The fraction of sp³-hybridized carbons (Fsp3) is 0.278. The van der Waals surface area contributed by atoms with E-state index in [-0.39, 0.29) is 18.0 Å². The Morgan fingerprint density at radius 1 is 1.44 bits per heavy atom. The van der Waals surface area contributed by atoms with Crippen LogP contribution in [0.4, 0.5) is 4.39 Å².